The lowest BCUT2D eigenvalue weighted by Crippen LogP contribution is -2.13. The van der Waals surface area contributed by atoms with E-state index in [2.05, 4.69) is 5.10 Å². The monoisotopic (exact) mass is 288 g/mol. The van der Waals surface area contributed by atoms with Crippen molar-refractivity contribution in [2.75, 3.05) is 0 Å². The van der Waals surface area contributed by atoms with E-state index in [1.807, 2.05) is 30.3 Å². The standard InChI is InChI=1S/C15H10ClFN2O/c16-12-7-6-11(8-13(12)17)19-15(20)9-14(18-19)10-4-2-1-3-5-10/h1-9,18H. The topological polar surface area (TPSA) is 37.8 Å². The second kappa shape index (κ2) is 4.98. The van der Waals surface area contributed by atoms with Crippen LogP contribution in [0, 0.1) is 5.82 Å². The molecule has 0 bridgehead atoms. The molecule has 100 valence electrons. The van der Waals surface area contributed by atoms with Gasteiger partial charge in [-0.1, -0.05) is 41.9 Å². The average molecular weight is 289 g/mol. The summed E-state index contributed by atoms with van der Waals surface area (Å²) in [4.78, 5) is 12.0. The Morgan fingerprint density at radius 3 is 2.50 bits per heavy atom. The van der Waals surface area contributed by atoms with Gasteiger partial charge in [-0.25, -0.2) is 9.07 Å². The van der Waals surface area contributed by atoms with Crippen molar-refractivity contribution in [3.63, 3.8) is 0 Å². The largest absolute Gasteiger partial charge is 0.290 e. The number of rotatable bonds is 2. The van der Waals surface area contributed by atoms with Crippen LogP contribution >= 0.6 is 11.6 Å². The molecule has 0 radical (unpaired) electrons. The summed E-state index contributed by atoms with van der Waals surface area (Å²) < 4.78 is 14.7. The fourth-order valence-corrected chi connectivity index (χ4v) is 2.09. The Morgan fingerprint density at radius 2 is 1.80 bits per heavy atom. The zero-order valence-electron chi connectivity index (χ0n) is 10.3. The summed E-state index contributed by atoms with van der Waals surface area (Å²) in [5.41, 5.74) is 1.70. The van der Waals surface area contributed by atoms with Crippen molar-refractivity contribution in [2.24, 2.45) is 0 Å². The van der Waals surface area contributed by atoms with Crippen LogP contribution in [-0.4, -0.2) is 9.78 Å². The third kappa shape index (κ3) is 2.26. The van der Waals surface area contributed by atoms with Crippen LogP contribution in [0.3, 0.4) is 0 Å². The van der Waals surface area contributed by atoms with Crippen LogP contribution in [0.1, 0.15) is 0 Å². The maximum atomic E-state index is 13.5. The number of nitrogens with zero attached hydrogens (tertiary/aromatic N) is 1. The molecule has 5 heteroatoms. The summed E-state index contributed by atoms with van der Waals surface area (Å²) in [5.74, 6) is -0.563. The van der Waals surface area contributed by atoms with Crippen LogP contribution in [0.15, 0.2) is 59.4 Å². The first-order valence-corrected chi connectivity index (χ1v) is 6.36. The van der Waals surface area contributed by atoms with Crippen LogP contribution in [0.25, 0.3) is 16.9 Å². The number of nitrogens with one attached hydrogen (secondary N) is 1. The summed E-state index contributed by atoms with van der Waals surface area (Å²) in [6, 6.07) is 15.1. The second-order valence-electron chi connectivity index (χ2n) is 4.31. The van der Waals surface area contributed by atoms with E-state index in [1.54, 1.807) is 6.07 Å². The van der Waals surface area contributed by atoms with Crippen molar-refractivity contribution in [3.8, 4) is 16.9 Å². The first-order chi connectivity index (χ1) is 9.65. The predicted octanol–water partition coefficient (Wildman–Crippen LogP) is 3.63. The third-order valence-corrected chi connectivity index (χ3v) is 3.27. The Bertz CT molecular complexity index is 808. The average Bonchev–Trinajstić information content (AvgIpc) is 2.85. The number of halogens is 2. The van der Waals surface area contributed by atoms with Crippen LogP contribution in [0.2, 0.25) is 5.02 Å². The van der Waals surface area contributed by atoms with Gasteiger partial charge >= 0.3 is 0 Å². The fourth-order valence-electron chi connectivity index (χ4n) is 1.98. The normalized spacial score (nSPS) is 10.7. The Kier molecular flexibility index (Phi) is 3.16. The first-order valence-electron chi connectivity index (χ1n) is 5.98. The Labute approximate surface area is 119 Å². The minimum absolute atomic E-state index is 0.0247. The van der Waals surface area contributed by atoms with Crippen LogP contribution in [-0.2, 0) is 0 Å². The van der Waals surface area contributed by atoms with E-state index in [9.17, 15) is 9.18 Å². The SMILES string of the molecule is O=c1cc(-c2ccccc2)[nH]n1-c1ccc(Cl)c(F)c1. The van der Waals surface area contributed by atoms with E-state index in [4.69, 9.17) is 11.6 Å². The van der Waals surface area contributed by atoms with E-state index in [-0.39, 0.29) is 10.6 Å². The highest BCUT2D eigenvalue weighted by Gasteiger charge is 2.08. The van der Waals surface area contributed by atoms with Crippen LogP contribution in [0.4, 0.5) is 4.39 Å². The van der Waals surface area contributed by atoms with E-state index < -0.39 is 5.82 Å². The van der Waals surface area contributed by atoms with E-state index in [1.165, 1.54) is 22.9 Å². The van der Waals surface area contributed by atoms with Gasteiger partial charge in [0.05, 0.1) is 16.4 Å². The van der Waals surface area contributed by atoms with Gasteiger partial charge in [-0.2, -0.15) is 0 Å². The lowest BCUT2D eigenvalue weighted by molar-refractivity contribution is 0.625. The van der Waals surface area contributed by atoms with Gasteiger partial charge in [0, 0.05) is 12.1 Å². The highest BCUT2D eigenvalue weighted by Crippen LogP contribution is 2.19. The quantitative estimate of drug-likeness (QED) is 0.768. The summed E-state index contributed by atoms with van der Waals surface area (Å²) in [6.07, 6.45) is 0. The molecule has 20 heavy (non-hydrogen) atoms. The molecular weight excluding hydrogens is 279 g/mol. The van der Waals surface area contributed by atoms with E-state index in [0.717, 1.165) is 5.56 Å². The molecule has 1 N–H and O–H groups in total. The van der Waals surface area contributed by atoms with Gasteiger partial charge in [0.15, 0.2) is 0 Å². The molecule has 0 aliphatic heterocycles. The zero-order valence-corrected chi connectivity index (χ0v) is 11.1. The van der Waals surface area contributed by atoms with Crippen LogP contribution in [0.5, 0.6) is 0 Å². The first kappa shape index (κ1) is 12.7. The summed E-state index contributed by atoms with van der Waals surface area (Å²) in [6.45, 7) is 0. The van der Waals surface area contributed by atoms with Gasteiger partial charge in [0.1, 0.15) is 5.82 Å². The van der Waals surface area contributed by atoms with Crippen molar-refractivity contribution in [3.05, 3.63) is 75.8 Å². The van der Waals surface area contributed by atoms with Crippen molar-refractivity contribution >= 4 is 11.6 Å². The minimum Gasteiger partial charge on any atom is -0.290 e. The van der Waals surface area contributed by atoms with Crippen molar-refractivity contribution in [1.29, 1.82) is 0 Å². The molecule has 1 aromatic heterocycles. The summed E-state index contributed by atoms with van der Waals surface area (Å²) in [5, 5.41) is 2.98. The molecule has 0 atom stereocenters. The van der Waals surface area contributed by atoms with Crippen LogP contribution < -0.4 is 5.56 Å². The van der Waals surface area contributed by atoms with Gasteiger partial charge in [-0.05, 0) is 17.7 Å². The molecule has 0 saturated carbocycles. The lowest BCUT2D eigenvalue weighted by atomic mass is 10.2. The molecule has 0 spiro atoms. The molecular formula is C15H10ClFN2O. The number of hydrogen-bond donors (Lipinski definition) is 1. The molecule has 0 saturated heterocycles. The molecule has 2 aromatic carbocycles. The number of aromatic nitrogens is 2. The zero-order chi connectivity index (χ0) is 14.1. The number of H-pyrrole nitrogens is 1. The van der Waals surface area contributed by atoms with Gasteiger partial charge in [0.25, 0.3) is 5.56 Å². The van der Waals surface area contributed by atoms with E-state index in [0.29, 0.717) is 11.4 Å². The Balaban J connectivity index is 2.10. The highest BCUT2D eigenvalue weighted by atomic mass is 35.5. The van der Waals surface area contributed by atoms with Gasteiger partial charge in [0.2, 0.25) is 0 Å². The van der Waals surface area contributed by atoms with E-state index >= 15 is 0 Å². The van der Waals surface area contributed by atoms with Crippen molar-refractivity contribution in [1.82, 2.24) is 9.78 Å². The Morgan fingerprint density at radius 1 is 1.05 bits per heavy atom. The molecule has 3 rings (SSSR count). The number of hydrogen-bond acceptors (Lipinski definition) is 1. The second-order valence-corrected chi connectivity index (χ2v) is 4.72. The molecule has 1 heterocycles. The fraction of sp³-hybridized carbons (Fsp3) is 0. The van der Waals surface area contributed by atoms with Gasteiger partial charge < -0.3 is 0 Å². The third-order valence-electron chi connectivity index (χ3n) is 2.97. The molecule has 0 amide bonds. The van der Waals surface area contributed by atoms with Crippen molar-refractivity contribution in [2.45, 2.75) is 0 Å². The van der Waals surface area contributed by atoms with Gasteiger partial charge in [-0.15, -0.1) is 0 Å². The van der Waals surface area contributed by atoms with Crippen molar-refractivity contribution < 1.29 is 4.39 Å². The lowest BCUT2D eigenvalue weighted by Gasteiger charge is -2.03. The maximum Gasteiger partial charge on any atom is 0.271 e. The highest BCUT2D eigenvalue weighted by molar-refractivity contribution is 6.30. The number of aromatic amines is 1. The Hall–Kier alpha value is -2.33. The molecule has 0 aliphatic carbocycles. The minimum atomic E-state index is -0.563. The number of benzene rings is 2. The summed E-state index contributed by atoms with van der Waals surface area (Å²) >= 11 is 5.64. The molecule has 3 nitrogen and oxygen atoms in total. The summed E-state index contributed by atoms with van der Waals surface area (Å²) in [7, 11) is 0. The molecule has 0 aliphatic rings. The maximum absolute atomic E-state index is 13.5. The smallest absolute Gasteiger partial charge is 0.271 e. The van der Waals surface area contributed by atoms with Gasteiger partial charge in [-0.3, -0.25) is 9.89 Å². The molecule has 0 unspecified atom stereocenters. The molecule has 0 fully saturated rings. The predicted molar refractivity (Wildman–Crippen MR) is 76.8 cm³/mol. The molecule has 3 aromatic rings.